The first kappa shape index (κ1) is 10.6. The second-order valence-corrected chi connectivity index (χ2v) is 4.82. The van der Waals surface area contributed by atoms with Crippen LogP contribution < -0.4 is 0 Å². The lowest BCUT2D eigenvalue weighted by Crippen LogP contribution is -2.37. The highest BCUT2D eigenvalue weighted by Gasteiger charge is 2.39. The Hall–Kier alpha value is -0.510. The van der Waals surface area contributed by atoms with Gasteiger partial charge >= 0.3 is 0 Å². The molecule has 0 aromatic rings. The molecule has 0 spiro atoms. The Morgan fingerprint density at radius 2 is 2.15 bits per heavy atom. The van der Waals surface area contributed by atoms with E-state index in [1.54, 1.807) is 11.8 Å². The van der Waals surface area contributed by atoms with E-state index in [0.717, 1.165) is 5.75 Å². The third-order valence-electron chi connectivity index (χ3n) is 2.03. The summed E-state index contributed by atoms with van der Waals surface area (Å²) < 4.78 is 0. The van der Waals surface area contributed by atoms with Gasteiger partial charge in [-0.2, -0.15) is 0 Å². The summed E-state index contributed by atoms with van der Waals surface area (Å²) in [5.41, 5.74) is 0. The van der Waals surface area contributed by atoms with Crippen molar-refractivity contribution in [2.75, 3.05) is 5.75 Å². The van der Waals surface area contributed by atoms with Gasteiger partial charge in [0.1, 0.15) is 0 Å². The lowest BCUT2D eigenvalue weighted by atomic mass is 10.3. The van der Waals surface area contributed by atoms with Crippen molar-refractivity contribution < 1.29 is 9.59 Å². The van der Waals surface area contributed by atoms with Crippen molar-refractivity contribution in [3.8, 4) is 0 Å². The molecule has 0 N–H and O–H groups in total. The number of nitrogens with zero attached hydrogens (tertiary/aromatic N) is 1. The van der Waals surface area contributed by atoms with Crippen LogP contribution in [0.2, 0.25) is 0 Å². The summed E-state index contributed by atoms with van der Waals surface area (Å²) in [5.74, 6) is 0.855. The van der Waals surface area contributed by atoms with Crippen molar-refractivity contribution >= 4 is 23.6 Å². The summed E-state index contributed by atoms with van der Waals surface area (Å²) >= 11 is 1.56. The summed E-state index contributed by atoms with van der Waals surface area (Å²) in [6.45, 7) is 5.74. The number of hydrogen-bond acceptors (Lipinski definition) is 3. The third-order valence-corrected chi connectivity index (χ3v) is 3.13. The van der Waals surface area contributed by atoms with Crippen molar-refractivity contribution in [1.29, 1.82) is 0 Å². The van der Waals surface area contributed by atoms with Gasteiger partial charge in [-0.05, 0) is 19.6 Å². The molecule has 1 aliphatic rings. The van der Waals surface area contributed by atoms with Gasteiger partial charge in [-0.25, -0.2) is 0 Å². The smallest absolute Gasteiger partial charge is 0.243 e. The maximum atomic E-state index is 11.6. The molecule has 1 atom stereocenters. The van der Waals surface area contributed by atoms with Crippen LogP contribution in [-0.4, -0.2) is 33.8 Å². The highest BCUT2D eigenvalue weighted by atomic mass is 32.2. The van der Waals surface area contributed by atoms with Crippen LogP contribution in [0.4, 0.5) is 0 Å². The van der Waals surface area contributed by atoms with Crippen LogP contribution in [-0.2, 0) is 9.59 Å². The molecule has 1 fully saturated rings. The highest BCUT2D eigenvalue weighted by molar-refractivity contribution is 8.00. The monoisotopic (exact) mass is 201 g/mol. The van der Waals surface area contributed by atoms with Gasteiger partial charge in [0, 0.05) is 12.5 Å². The van der Waals surface area contributed by atoms with E-state index in [1.807, 2.05) is 20.8 Å². The first-order chi connectivity index (χ1) is 6.07. The Labute approximate surface area is 82.9 Å². The van der Waals surface area contributed by atoms with Crippen LogP contribution >= 0.6 is 11.8 Å². The van der Waals surface area contributed by atoms with Gasteiger partial charge in [0.2, 0.25) is 11.8 Å². The van der Waals surface area contributed by atoms with Gasteiger partial charge in [0.05, 0.1) is 5.25 Å². The Morgan fingerprint density at radius 1 is 1.54 bits per heavy atom. The fourth-order valence-electron chi connectivity index (χ4n) is 1.50. The molecule has 1 rings (SSSR count). The maximum Gasteiger partial charge on any atom is 0.243 e. The van der Waals surface area contributed by atoms with E-state index in [0.29, 0.717) is 6.42 Å². The van der Waals surface area contributed by atoms with Gasteiger partial charge in [-0.1, -0.05) is 6.92 Å². The molecule has 13 heavy (non-hydrogen) atoms. The molecule has 0 aromatic carbocycles. The fraction of sp³-hybridized carbons (Fsp3) is 0.778. The molecule has 0 saturated carbocycles. The minimum Gasteiger partial charge on any atom is -0.279 e. The molecular formula is C9H15NO2S. The predicted octanol–water partition coefficient (Wildman–Crippen LogP) is 1.28. The van der Waals surface area contributed by atoms with E-state index in [-0.39, 0.29) is 23.1 Å². The highest BCUT2D eigenvalue weighted by Crippen LogP contribution is 2.26. The number of carbonyl (C=O) groups is 2. The van der Waals surface area contributed by atoms with Gasteiger partial charge in [0.15, 0.2) is 0 Å². The number of thioether (sulfide) groups is 1. The topological polar surface area (TPSA) is 37.4 Å². The molecule has 0 aromatic heterocycles. The van der Waals surface area contributed by atoms with Crippen molar-refractivity contribution in [3.05, 3.63) is 0 Å². The summed E-state index contributed by atoms with van der Waals surface area (Å²) in [5, 5.41) is -0.125. The van der Waals surface area contributed by atoms with Gasteiger partial charge in [-0.15, -0.1) is 11.8 Å². The molecule has 1 heterocycles. The SMILES string of the molecule is CCSC1CC(=O)N(C(C)C)C1=O. The average molecular weight is 201 g/mol. The van der Waals surface area contributed by atoms with Crippen LogP contribution in [0.15, 0.2) is 0 Å². The number of imide groups is 1. The van der Waals surface area contributed by atoms with E-state index < -0.39 is 0 Å². The largest absolute Gasteiger partial charge is 0.279 e. The zero-order valence-electron chi connectivity index (χ0n) is 8.24. The third kappa shape index (κ3) is 2.05. The summed E-state index contributed by atoms with van der Waals surface area (Å²) in [6, 6.07) is 0.00227. The Bertz CT molecular complexity index is 228. The van der Waals surface area contributed by atoms with E-state index in [2.05, 4.69) is 0 Å². The molecule has 74 valence electrons. The molecule has 1 saturated heterocycles. The van der Waals surface area contributed by atoms with Crippen molar-refractivity contribution in [3.63, 3.8) is 0 Å². The van der Waals surface area contributed by atoms with Crippen LogP contribution in [0.5, 0.6) is 0 Å². The molecule has 3 nitrogen and oxygen atoms in total. The van der Waals surface area contributed by atoms with Crippen molar-refractivity contribution in [1.82, 2.24) is 4.90 Å². The van der Waals surface area contributed by atoms with Gasteiger partial charge in [0.25, 0.3) is 0 Å². The van der Waals surface area contributed by atoms with E-state index in [9.17, 15) is 9.59 Å². The minimum atomic E-state index is -0.125. The van der Waals surface area contributed by atoms with E-state index in [1.165, 1.54) is 4.90 Å². The van der Waals surface area contributed by atoms with Crippen LogP contribution in [0.1, 0.15) is 27.2 Å². The molecular weight excluding hydrogens is 186 g/mol. The Morgan fingerprint density at radius 3 is 2.54 bits per heavy atom. The Balaban J connectivity index is 2.70. The molecule has 1 unspecified atom stereocenters. The molecule has 0 bridgehead atoms. The standard InChI is InChI=1S/C9H15NO2S/c1-4-13-7-5-8(11)10(6(2)3)9(7)12/h6-7H,4-5H2,1-3H3. The second kappa shape index (κ2) is 4.13. The number of rotatable bonds is 3. The molecule has 2 amide bonds. The maximum absolute atomic E-state index is 11.6. The number of amides is 2. The first-order valence-corrected chi connectivity index (χ1v) is 5.60. The minimum absolute atomic E-state index is 0.00227. The van der Waals surface area contributed by atoms with Crippen molar-refractivity contribution in [2.45, 2.75) is 38.5 Å². The Kier molecular flexibility index (Phi) is 3.36. The average Bonchev–Trinajstić information content (AvgIpc) is 2.28. The van der Waals surface area contributed by atoms with E-state index in [4.69, 9.17) is 0 Å². The fourth-order valence-corrected chi connectivity index (χ4v) is 2.42. The number of carbonyl (C=O) groups excluding carboxylic acids is 2. The van der Waals surface area contributed by atoms with Gasteiger partial charge in [-0.3, -0.25) is 14.5 Å². The number of likely N-dealkylation sites (tertiary alicyclic amines) is 1. The quantitative estimate of drug-likeness (QED) is 0.645. The zero-order valence-corrected chi connectivity index (χ0v) is 9.06. The summed E-state index contributed by atoms with van der Waals surface area (Å²) in [4.78, 5) is 24.4. The molecule has 1 aliphatic heterocycles. The summed E-state index contributed by atoms with van der Waals surface area (Å²) in [6.07, 6.45) is 0.384. The van der Waals surface area contributed by atoms with Crippen LogP contribution in [0, 0.1) is 0 Å². The molecule has 0 aliphatic carbocycles. The van der Waals surface area contributed by atoms with Crippen LogP contribution in [0.25, 0.3) is 0 Å². The second-order valence-electron chi connectivity index (χ2n) is 3.34. The predicted molar refractivity (Wildman–Crippen MR) is 53.5 cm³/mol. The zero-order chi connectivity index (χ0) is 10.0. The summed E-state index contributed by atoms with van der Waals surface area (Å²) in [7, 11) is 0. The van der Waals surface area contributed by atoms with Crippen LogP contribution in [0.3, 0.4) is 0 Å². The van der Waals surface area contributed by atoms with Gasteiger partial charge < -0.3 is 0 Å². The molecule has 4 heteroatoms. The normalized spacial score (nSPS) is 23.4. The first-order valence-electron chi connectivity index (χ1n) is 4.55. The van der Waals surface area contributed by atoms with Crippen molar-refractivity contribution in [2.24, 2.45) is 0 Å². The molecule has 0 radical (unpaired) electrons. The van der Waals surface area contributed by atoms with E-state index >= 15 is 0 Å². The lowest BCUT2D eigenvalue weighted by molar-refractivity contribution is -0.140. The lowest BCUT2D eigenvalue weighted by Gasteiger charge is -2.18. The number of hydrogen-bond donors (Lipinski definition) is 0.